The molecule has 23 heavy (non-hydrogen) atoms. The third-order valence-electron chi connectivity index (χ3n) is 3.25. The van der Waals surface area contributed by atoms with E-state index in [9.17, 15) is 14.4 Å². The van der Waals surface area contributed by atoms with Crippen molar-refractivity contribution in [2.45, 2.75) is 0 Å². The van der Waals surface area contributed by atoms with E-state index in [-0.39, 0.29) is 11.4 Å². The molecule has 0 bridgehead atoms. The molecule has 9 heteroatoms. The van der Waals surface area contributed by atoms with Crippen molar-refractivity contribution in [1.29, 1.82) is 0 Å². The second-order valence-corrected chi connectivity index (χ2v) is 4.60. The predicted molar refractivity (Wildman–Crippen MR) is 84.4 cm³/mol. The molecule has 0 unspecified atom stereocenters. The van der Waals surface area contributed by atoms with Crippen LogP contribution in [0.3, 0.4) is 0 Å². The van der Waals surface area contributed by atoms with Gasteiger partial charge in [0.1, 0.15) is 22.9 Å². The Bertz CT molecular complexity index is 855. The number of methoxy groups -OCH3 is 2. The standard InChI is InChI=1S/C14H16N4O5/c1-18(8-5-4-7(22-2)6-9(8)23-3)13(20)11-10(15)12(19)17-14(21)16-11/h4-6H,15H2,1-3H3,(H2,16,17,19,21). The third kappa shape index (κ3) is 3.03. The molecule has 0 saturated heterocycles. The highest BCUT2D eigenvalue weighted by atomic mass is 16.5. The number of nitrogens with zero attached hydrogens (tertiary/aromatic N) is 1. The van der Waals surface area contributed by atoms with Gasteiger partial charge in [-0.1, -0.05) is 0 Å². The molecule has 1 aromatic heterocycles. The van der Waals surface area contributed by atoms with E-state index in [0.717, 1.165) is 0 Å². The summed E-state index contributed by atoms with van der Waals surface area (Å²) in [4.78, 5) is 40.8. The quantitative estimate of drug-likeness (QED) is 0.723. The molecule has 2 rings (SSSR count). The minimum Gasteiger partial charge on any atom is -0.497 e. The number of ether oxygens (including phenoxy) is 2. The molecule has 122 valence electrons. The van der Waals surface area contributed by atoms with Crippen molar-refractivity contribution in [3.05, 3.63) is 44.7 Å². The molecule has 1 heterocycles. The maximum atomic E-state index is 12.5. The molecule has 0 spiro atoms. The van der Waals surface area contributed by atoms with Crippen molar-refractivity contribution in [2.75, 3.05) is 31.9 Å². The third-order valence-corrected chi connectivity index (χ3v) is 3.25. The molecule has 0 aliphatic rings. The number of H-pyrrole nitrogens is 2. The lowest BCUT2D eigenvalue weighted by Crippen LogP contribution is -2.35. The number of benzene rings is 1. The first-order valence-electron chi connectivity index (χ1n) is 6.51. The average molecular weight is 320 g/mol. The minimum absolute atomic E-state index is 0.292. The van der Waals surface area contributed by atoms with Gasteiger partial charge in [0, 0.05) is 13.1 Å². The molecule has 9 nitrogen and oxygen atoms in total. The van der Waals surface area contributed by atoms with Gasteiger partial charge in [0.05, 0.1) is 19.9 Å². The Morgan fingerprint density at radius 1 is 1.17 bits per heavy atom. The fraction of sp³-hybridized carbons (Fsp3) is 0.214. The lowest BCUT2D eigenvalue weighted by Gasteiger charge is -2.20. The van der Waals surface area contributed by atoms with Crippen molar-refractivity contribution < 1.29 is 14.3 Å². The van der Waals surface area contributed by atoms with E-state index in [4.69, 9.17) is 15.2 Å². The largest absolute Gasteiger partial charge is 0.497 e. The van der Waals surface area contributed by atoms with Gasteiger partial charge < -0.3 is 25.1 Å². The summed E-state index contributed by atoms with van der Waals surface area (Å²) in [6.07, 6.45) is 0. The lowest BCUT2D eigenvalue weighted by atomic mass is 10.2. The first kappa shape index (κ1) is 16.1. The van der Waals surface area contributed by atoms with E-state index in [1.807, 2.05) is 4.98 Å². The second-order valence-electron chi connectivity index (χ2n) is 4.60. The van der Waals surface area contributed by atoms with E-state index < -0.39 is 17.2 Å². The molecule has 0 aliphatic carbocycles. The number of carbonyl (C=O) groups is 1. The number of carbonyl (C=O) groups excluding carboxylic acids is 1. The summed E-state index contributed by atoms with van der Waals surface area (Å²) in [6.45, 7) is 0. The van der Waals surface area contributed by atoms with E-state index in [2.05, 4.69) is 4.98 Å². The summed E-state index contributed by atoms with van der Waals surface area (Å²) in [6, 6.07) is 4.85. The van der Waals surface area contributed by atoms with Gasteiger partial charge in [0.2, 0.25) is 0 Å². The molecule has 0 saturated carbocycles. The molecule has 1 aromatic carbocycles. The van der Waals surface area contributed by atoms with Crippen LogP contribution >= 0.6 is 0 Å². The summed E-state index contributed by atoms with van der Waals surface area (Å²) in [5.74, 6) is 0.274. The highest BCUT2D eigenvalue weighted by molar-refractivity contribution is 6.08. The fourth-order valence-electron chi connectivity index (χ4n) is 2.00. The summed E-state index contributed by atoms with van der Waals surface area (Å²) < 4.78 is 10.3. The molecule has 2 aromatic rings. The summed E-state index contributed by atoms with van der Waals surface area (Å²) >= 11 is 0. The van der Waals surface area contributed by atoms with Gasteiger partial charge in [-0.2, -0.15) is 0 Å². The van der Waals surface area contributed by atoms with E-state index >= 15 is 0 Å². The van der Waals surface area contributed by atoms with Crippen LogP contribution in [0.4, 0.5) is 11.4 Å². The van der Waals surface area contributed by atoms with E-state index in [1.54, 1.807) is 18.2 Å². The highest BCUT2D eigenvalue weighted by Gasteiger charge is 2.22. The number of anilines is 2. The Morgan fingerprint density at radius 3 is 2.48 bits per heavy atom. The van der Waals surface area contributed by atoms with Crippen LogP contribution in [-0.2, 0) is 0 Å². The smallest absolute Gasteiger partial charge is 0.326 e. The van der Waals surface area contributed by atoms with Crippen molar-refractivity contribution in [2.24, 2.45) is 0 Å². The molecule has 0 fully saturated rings. The Hall–Kier alpha value is -3.23. The number of nitrogen functional groups attached to an aromatic ring is 1. The van der Waals surface area contributed by atoms with Crippen LogP contribution in [0.5, 0.6) is 11.5 Å². The van der Waals surface area contributed by atoms with Crippen molar-refractivity contribution >= 4 is 17.3 Å². The first-order valence-corrected chi connectivity index (χ1v) is 6.51. The van der Waals surface area contributed by atoms with E-state index in [0.29, 0.717) is 17.2 Å². The summed E-state index contributed by atoms with van der Waals surface area (Å²) in [5.41, 5.74) is 3.68. The molecule has 0 radical (unpaired) electrons. The Kier molecular flexibility index (Phi) is 4.39. The number of nitrogens with two attached hydrogens (primary N) is 1. The average Bonchev–Trinajstić information content (AvgIpc) is 2.56. The minimum atomic E-state index is -0.827. The van der Waals surface area contributed by atoms with Crippen LogP contribution in [0.2, 0.25) is 0 Å². The van der Waals surface area contributed by atoms with Crippen LogP contribution in [0, 0.1) is 0 Å². The SMILES string of the molecule is COc1ccc(N(C)C(=O)c2[nH]c(=O)[nH]c(=O)c2N)c(OC)c1. The highest BCUT2D eigenvalue weighted by Crippen LogP contribution is 2.32. The van der Waals surface area contributed by atoms with Crippen LogP contribution in [0.15, 0.2) is 27.8 Å². The van der Waals surface area contributed by atoms with Crippen molar-refractivity contribution in [3.8, 4) is 11.5 Å². The summed E-state index contributed by atoms with van der Waals surface area (Å²) in [5, 5.41) is 0. The van der Waals surface area contributed by atoms with Gasteiger partial charge in [-0.05, 0) is 12.1 Å². The topological polar surface area (TPSA) is 131 Å². The van der Waals surface area contributed by atoms with Crippen LogP contribution in [-0.4, -0.2) is 37.1 Å². The predicted octanol–water partition coefficient (Wildman–Crippen LogP) is -0.0608. The van der Waals surface area contributed by atoms with Crippen LogP contribution in [0.25, 0.3) is 0 Å². The molecule has 4 N–H and O–H groups in total. The number of nitrogens with one attached hydrogen (secondary N) is 2. The number of amides is 1. The fourth-order valence-corrected chi connectivity index (χ4v) is 2.00. The van der Waals surface area contributed by atoms with Crippen molar-refractivity contribution in [3.63, 3.8) is 0 Å². The normalized spacial score (nSPS) is 10.2. The maximum absolute atomic E-state index is 12.5. The van der Waals surface area contributed by atoms with Gasteiger partial charge in [0.25, 0.3) is 11.5 Å². The van der Waals surface area contributed by atoms with Crippen molar-refractivity contribution in [1.82, 2.24) is 9.97 Å². The number of aromatic nitrogens is 2. The molecule has 0 atom stereocenters. The summed E-state index contributed by atoms with van der Waals surface area (Å²) in [7, 11) is 4.41. The first-order chi connectivity index (χ1) is 10.9. The zero-order valence-electron chi connectivity index (χ0n) is 12.8. The van der Waals surface area contributed by atoms with Crippen LogP contribution in [0.1, 0.15) is 10.5 Å². The monoisotopic (exact) mass is 320 g/mol. The second kappa shape index (κ2) is 6.26. The van der Waals surface area contributed by atoms with E-state index in [1.165, 1.54) is 26.2 Å². The van der Waals surface area contributed by atoms with Gasteiger partial charge >= 0.3 is 5.69 Å². The molecular formula is C14H16N4O5. The Labute approximate surface area is 130 Å². The number of hydrogen-bond acceptors (Lipinski definition) is 6. The zero-order valence-corrected chi connectivity index (χ0v) is 12.8. The zero-order chi connectivity index (χ0) is 17.1. The maximum Gasteiger partial charge on any atom is 0.326 e. The van der Waals surface area contributed by atoms with Gasteiger partial charge in [0.15, 0.2) is 0 Å². The number of rotatable bonds is 4. The lowest BCUT2D eigenvalue weighted by molar-refractivity contribution is 0.0988. The molecular weight excluding hydrogens is 304 g/mol. The Morgan fingerprint density at radius 2 is 1.87 bits per heavy atom. The van der Waals surface area contributed by atoms with Gasteiger partial charge in [-0.15, -0.1) is 0 Å². The van der Waals surface area contributed by atoms with Gasteiger partial charge in [-0.3, -0.25) is 14.6 Å². The molecule has 1 amide bonds. The number of aromatic amines is 2. The van der Waals surface area contributed by atoms with Gasteiger partial charge in [-0.25, -0.2) is 4.79 Å². The van der Waals surface area contributed by atoms with Crippen LogP contribution < -0.4 is 31.4 Å². The number of hydrogen-bond donors (Lipinski definition) is 3. The Balaban J connectivity index is 2.49. The molecule has 0 aliphatic heterocycles.